The van der Waals surface area contributed by atoms with Crippen molar-refractivity contribution in [2.24, 2.45) is 5.16 Å². The van der Waals surface area contributed by atoms with Gasteiger partial charge in [-0.15, -0.1) is 6.58 Å². The monoisotopic (exact) mass is 340 g/mol. The number of oxime groups is 1. The molecule has 6 heteroatoms. The van der Waals surface area contributed by atoms with Gasteiger partial charge in [-0.25, -0.2) is 0 Å². The minimum absolute atomic E-state index is 0.0755. The van der Waals surface area contributed by atoms with Gasteiger partial charge in [0.05, 0.1) is 22.3 Å². The van der Waals surface area contributed by atoms with E-state index in [1.54, 1.807) is 23.1 Å². The highest BCUT2D eigenvalue weighted by Crippen LogP contribution is 2.25. The molecule has 0 radical (unpaired) electrons. The highest BCUT2D eigenvalue weighted by atomic mass is 35.5. The van der Waals surface area contributed by atoms with Crippen LogP contribution in [0.3, 0.4) is 0 Å². The Morgan fingerprint density at radius 2 is 2.27 bits per heavy atom. The van der Waals surface area contributed by atoms with Crippen molar-refractivity contribution in [1.29, 1.82) is 0 Å². The number of carbonyl (C=O) groups excluding carboxylic acids is 1. The van der Waals surface area contributed by atoms with E-state index in [2.05, 4.69) is 11.7 Å². The van der Waals surface area contributed by atoms with Crippen molar-refractivity contribution < 1.29 is 9.63 Å². The van der Waals surface area contributed by atoms with E-state index in [-0.39, 0.29) is 12.0 Å². The first-order chi connectivity index (χ1) is 10.5. The molecule has 0 saturated heterocycles. The molecule has 1 aromatic rings. The average Bonchev–Trinajstić information content (AvgIpc) is 2.97. The molecule has 1 aromatic carbocycles. The Labute approximate surface area is 140 Å². The maximum absolute atomic E-state index is 11.9. The van der Waals surface area contributed by atoms with Crippen molar-refractivity contribution in [2.45, 2.75) is 25.9 Å². The molecule has 0 N–H and O–H groups in total. The Bertz CT molecular complexity index is 602. The smallest absolute Gasteiger partial charge is 0.222 e. The van der Waals surface area contributed by atoms with Gasteiger partial charge in [0.15, 0.2) is 6.10 Å². The number of hydrogen-bond donors (Lipinski definition) is 0. The molecule has 2 rings (SSSR count). The standard InChI is InChI=1S/C16H18Cl2N2O2/c1-3-7-20(16(21)4-2)10-12-9-15(19-22-12)11-5-6-13(17)14(18)8-11/h3,5-6,8,12H,1,4,7,9-10H2,2H3/t12-/m0/s1. The molecule has 1 atom stereocenters. The van der Waals surface area contributed by atoms with Gasteiger partial charge in [0.1, 0.15) is 0 Å². The number of amides is 1. The fraction of sp³-hybridized carbons (Fsp3) is 0.375. The molecule has 0 fully saturated rings. The summed E-state index contributed by atoms with van der Waals surface area (Å²) >= 11 is 11.9. The first kappa shape index (κ1) is 16.8. The molecule has 1 amide bonds. The predicted octanol–water partition coefficient (Wildman–Crippen LogP) is 3.91. The summed E-state index contributed by atoms with van der Waals surface area (Å²) in [6.07, 6.45) is 2.65. The lowest BCUT2D eigenvalue weighted by Crippen LogP contribution is -2.37. The van der Waals surface area contributed by atoms with Crippen LogP contribution in [0.1, 0.15) is 25.3 Å². The summed E-state index contributed by atoms with van der Waals surface area (Å²) < 4.78 is 0. The van der Waals surface area contributed by atoms with E-state index < -0.39 is 0 Å². The lowest BCUT2D eigenvalue weighted by atomic mass is 10.0. The molecule has 0 spiro atoms. The van der Waals surface area contributed by atoms with Crippen molar-refractivity contribution in [3.05, 3.63) is 46.5 Å². The van der Waals surface area contributed by atoms with E-state index in [4.69, 9.17) is 28.0 Å². The summed E-state index contributed by atoms with van der Waals surface area (Å²) in [5, 5.41) is 5.10. The van der Waals surface area contributed by atoms with E-state index in [0.717, 1.165) is 11.3 Å². The fourth-order valence-electron chi connectivity index (χ4n) is 2.28. The summed E-state index contributed by atoms with van der Waals surface area (Å²) in [7, 11) is 0. The van der Waals surface area contributed by atoms with Crippen LogP contribution < -0.4 is 0 Å². The molecule has 4 nitrogen and oxygen atoms in total. The fourth-order valence-corrected chi connectivity index (χ4v) is 2.57. The minimum Gasteiger partial charge on any atom is -0.390 e. The van der Waals surface area contributed by atoms with Gasteiger partial charge in [0, 0.05) is 24.9 Å². The van der Waals surface area contributed by atoms with Gasteiger partial charge < -0.3 is 9.74 Å². The third kappa shape index (κ3) is 4.02. The first-order valence-corrected chi connectivity index (χ1v) is 7.87. The molecular formula is C16H18Cl2N2O2. The Morgan fingerprint density at radius 1 is 1.50 bits per heavy atom. The molecular weight excluding hydrogens is 323 g/mol. The lowest BCUT2D eigenvalue weighted by molar-refractivity contribution is -0.132. The zero-order valence-corrected chi connectivity index (χ0v) is 13.9. The van der Waals surface area contributed by atoms with E-state index in [0.29, 0.717) is 36.0 Å². The van der Waals surface area contributed by atoms with Crippen LogP contribution in [0.5, 0.6) is 0 Å². The molecule has 0 aliphatic carbocycles. The normalized spacial score (nSPS) is 16.9. The van der Waals surface area contributed by atoms with Crippen LogP contribution in [0.15, 0.2) is 36.0 Å². The largest absolute Gasteiger partial charge is 0.390 e. The second-order valence-corrected chi connectivity index (χ2v) is 5.85. The van der Waals surface area contributed by atoms with Crippen LogP contribution in [-0.2, 0) is 9.63 Å². The van der Waals surface area contributed by atoms with Crippen LogP contribution in [0.2, 0.25) is 10.0 Å². The van der Waals surface area contributed by atoms with Crippen LogP contribution in [-0.4, -0.2) is 35.7 Å². The predicted molar refractivity (Wildman–Crippen MR) is 89.6 cm³/mol. The van der Waals surface area contributed by atoms with Crippen molar-refractivity contribution in [3.63, 3.8) is 0 Å². The number of hydrogen-bond acceptors (Lipinski definition) is 3. The molecule has 1 heterocycles. The van der Waals surface area contributed by atoms with E-state index in [1.807, 2.05) is 13.0 Å². The van der Waals surface area contributed by atoms with Gasteiger partial charge in [0.2, 0.25) is 5.91 Å². The molecule has 0 bridgehead atoms. The molecule has 22 heavy (non-hydrogen) atoms. The number of benzene rings is 1. The molecule has 0 unspecified atom stereocenters. The van der Waals surface area contributed by atoms with Crippen LogP contribution in [0.25, 0.3) is 0 Å². The van der Waals surface area contributed by atoms with Gasteiger partial charge in [-0.2, -0.15) is 0 Å². The van der Waals surface area contributed by atoms with Crippen molar-refractivity contribution in [3.8, 4) is 0 Å². The highest BCUT2D eigenvalue weighted by molar-refractivity contribution is 6.42. The van der Waals surface area contributed by atoms with Gasteiger partial charge in [0.25, 0.3) is 0 Å². The van der Waals surface area contributed by atoms with Gasteiger partial charge in [-0.05, 0) is 12.1 Å². The SMILES string of the molecule is C=CCN(C[C@@H]1CC(c2ccc(Cl)c(Cl)c2)=NO1)C(=O)CC. The van der Waals surface area contributed by atoms with E-state index in [9.17, 15) is 4.79 Å². The third-order valence-electron chi connectivity index (χ3n) is 3.41. The van der Waals surface area contributed by atoms with E-state index >= 15 is 0 Å². The molecule has 0 saturated carbocycles. The zero-order valence-electron chi connectivity index (χ0n) is 12.4. The number of carbonyl (C=O) groups is 1. The number of rotatable bonds is 6. The second-order valence-electron chi connectivity index (χ2n) is 5.04. The highest BCUT2D eigenvalue weighted by Gasteiger charge is 2.26. The maximum atomic E-state index is 11.9. The Hall–Kier alpha value is -1.52. The summed E-state index contributed by atoms with van der Waals surface area (Å²) in [5.41, 5.74) is 1.69. The lowest BCUT2D eigenvalue weighted by Gasteiger charge is -2.22. The Kier molecular flexibility index (Phi) is 5.86. The summed E-state index contributed by atoms with van der Waals surface area (Å²) in [4.78, 5) is 19.0. The molecule has 1 aliphatic rings. The quantitative estimate of drug-likeness (QED) is 0.736. The van der Waals surface area contributed by atoms with Crippen LogP contribution in [0, 0.1) is 0 Å². The second kappa shape index (κ2) is 7.65. The zero-order chi connectivity index (χ0) is 16.1. The van der Waals surface area contributed by atoms with Crippen molar-refractivity contribution >= 4 is 34.8 Å². The van der Waals surface area contributed by atoms with Crippen molar-refractivity contribution in [1.82, 2.24) is 4.90 Å². The average molecular weight is 341 g/mol. The van der Waals surface area contributed by atoms with E-state index in [1.165, 1.54) is 0 Å². The minimum atomic E-state index is -0.153. The van der Waals surface area contributed by atoms with Gasteiger partial charge >= 0.3 is 0 Å². The van der Waals surface area contributed by atoms with Gasteiger partial charge in [-0.1, -0.05) is 47.4 Å². The van der Waals surface area contributed by atoms with Crippen LogP contribution >= 0.6 is 23.2 Å². The summed E-state index contributed by atoms with van der Waals surface area (Å²) in [6, 6.07) is 5.37. The number of halogens is 2. The first-order valence-electron chi connectivity index (χ1n) is 7.12. The topological polar surface area (TPSA) is 41.9 Å². The maximum Gasteiger partial charge on any atom is 0.222 e. The molecule has 118 valence electrons. The summed E-state index contributed by atoms with van der Waals surface area (Å²) in [5.74, 6) is 0.0755. The Morgan fingerprint density at radius 3 is 2.91 bits per heavy atom. The van der Waals surface area contributed by atoms with Gasteiger partial charge in [-0.3, -0.25) is 4.79 Å². The third-order valence-corrected chi connectivity index (χ3v) is 4.15. The molecule has 1 aliphatic heterocycles. The Balaban J connectivity index is 2.00. The molecule has 0 aromatic heterocycles. The van der Waals surface area contributed by atoms with Crippen molar-refractivity contribution in [2.75, 3.05) is 13.1 Å². The summed E-state index contributed by atoms with van der Waals surface area (Å²) in [6.45, 7) is 6.52. The number of nitrogens with zero attached hydrogens (tertiary/aromatic N) is 2. The van der Waals surface area contributed by atoms with Crippen LogP contribution in [0.4, 0.5) is 0 Å².